The first-order valence-corrected chi connectivity index (χ1v) is 10.4. The van der Waals surface area contributed by atoms with Crippen molar-refractivity contribution < 1.29 is 28.6 Å². The second-order valence-corrected chi connectivity index (χ2v) is 7.65. The van der Waals surface area contributed by atoms with Gasteiger partial charge in [0.05, 0.1) is 19.3 Å². The minimum atomic E-state index is -0.943. The predicted octanol–water partition coefficient (Wildman–Crippen LogP) is 1.74. The molecule has 0 saturated carbocycles. The van der Waals surface area contributed by atoms with Crippen molar-refractivity contribution in [1.82, 2.24) is 10.6 Å². The van der Waals surface area contributed by atoms with Crippen molar-refractivity contribution in [3.8, 4) is 0 Å². The third-order valence-corrected chi connectivity index (χ3v) is 4.70. The molecule has 1 heterocycles. The first-order valence-electron chi connectivity index (χ1n) is 10.4. The van der Waals surface area contributed by atoms with E-state index in [4.69, 9.17) is 14.2 Å². The van der Waals surface area contributed by atoms with Crippen LogP contribution in [0.2, 0.25) is 0 Å². The fourth-order valence-electron chi connectivity index (χ4n) is 2.82. The van der Waals surface area contributed by atoms with Gasteiger partial charge in [0.25, 0.3) is 5.91 Å². The Kier molecular flexibility index (Phi) is 9.26. The molecule has 1 saturated heterocycles. The van der Waals surface area contributed by atoms with Crippen molar-refractivity contribution >= 4 is 17.8 Å². The average molecular weight is 421 g/mol. The molecule has 0 bridgehead atoms. The number of rotatable bonds is 12. The lowest BCUT2D eigenvalue weighted by atomic mass is 10.1. The summed E-state index contributed by atoms with van der Waals surface area (Å²) in [6, 6.07) is 8.70. The molecular formula is C22H32N2O6. The number of carbonyl (C=O) groups is 3. The van der Waals surface area contributed by atoms with Crippen LogP contribution < -0.4 is 10.6 Å². The van der Waals surface area contributed by atoms with Gasteiger partial charge in [0, 0.05) is 6.54 Å². The van der Waals surface area contributed by atoms with Gasteiger partial charge in [-0.3, -0.25) is 9.59 Å². The molecule has 1 unspecified atom stereocenters. The molecule has 1 aliphatic rings. The van der Waals surface area contributed by atoms with Crippen molar-refractivity contribution in [1.29, 1.82) is 0 Å². The van der Waals surface area contributed by atoms with E-state index in [-0.39, 0.29) is 25.2 Å². The Morgan fingerprint density at radius 2 is 1.80 bits per heavy atom. The van der Waals surface area contributed by atoms with Gasteiger partial charge in [0.15, 0.2) is 12.2 Å². The van der Waals surface area contributed by atoms with Crippen molar-refractivity contribution in [2.24, 2.45) is 5.92 Å². The first kappa shape index (κ1) is 23.8. The maximum absolute atomic E-state index is 12.6. The van der Waals surface area contributed by atoms with E-state index in [0.29, 0.717) is 12.5 Å². The number of hydrogen-bond donors (Lipinski definition) is 2. The van der Waals surface area contributed by atoms with E-state index in [0.717, 1.165) is 12.0 Å². The largest absolute Gasteiger partial charge is 0.464 e. The Labute approximate surface area is 177 Å². The topological polar surface area (TPSA) is 106 Å². The molecule has 166 valence electrons. The van der Waals surface area contributed by atoms with E-state index in [2.05, 4.69) is 24.5 Å². The molecule has 30 heavy (non-hydrogen) atoms. The molecule has 1 fully saturated rings. The maximum Gasteiger partial charge on any atom is 0.338 e. The number of carbonyl (C=O) groups excluding carboxylic acids is 3. The van der Waals surface area contributed by atoms with Crippen LogP contribution >= 0.6 is 0 Å². The highest BCUT2D eigenvalue weighted by atomic mass is 16.6. The van der Waals surface area contributed by atoms with Gasteiger partial charge >= 0.3 is 5.97 Å². The van der Waals surface area contributed by atoms with Crippen molar-refractivity contribution in [2.75, 3.05) is 19.8 Å². The summed E-state index contributed by atoms with van der Waals surface area (Å²) < 4.78 is 15.8. The zero-order valence-electron chi connectivity index (χ0n) is 18.1. The highest BCUT2D eigenvalue weighted by molar-refractivity contribution is 5.95. The zero-order chi connectivity index (χ0) is 22.1. The smallest absolute Gasteiger partial charge is 0.338 e. The van der Waals surface area contributed by atoms with E-state index in [1.807, 2.05) is 37.3 Å². The summed E-state index contributed by atoms with van der Waals surface area (Å²) in [4.78, 5) is 36.8. The molecular weight excluding hydrogens is 388 g/mol. The van der Waals surface area contributed by atoms with Gasteiger partial charge < -0.3 is 24.8 Å². The Hall–Kier alpha value is -2.45. The number of benzene rings is 1. The molecule has 1 aromatic carbocycles. The molecule has 1 aromatic rings. The summed E-state index contributed by atoms with van der Waals surface area (Å²) in [7, 11) is 0. The quantitative estimate of drug-likeness (QED) is 0.394. The molecule has 0 radical (unpaired) electrons. The second-order valence-electron chi connectivity index (χ2n) is 7.65. The van der Waals surface area contributed by atoms with E-state index >= 15 is 0 Å². The number of epoxide rings is 1. The molecule has 0 aromatic heterocycles. The standard InChI is InChI=1S/C22H32N2O6/c1-5-28-22(27)19-18(30-19)21(26)24-17(20(25)23-12-11-14(2)3)13-29-15(4)16-9-7-6-8-10-16/h6-10,14-15,17-19H,5,11-13H2,1-4H3,(H,23,25)(H,24,26)/t15?,17-,18-,19-/m1/s1. The predicted molar refractivity (Wildman–Crippen MR) is 110 cm³/mol. The number of amides is 2. The third-order valence-electron chi connectivity index (χ3n) is 4.70. The Morgan fingerprint density at radius 1 is 1.10 bits per heavy atom. The fraction of sp³-hybridized carbons (Fsp3) is 0.591. The third kappa shape index (κ3) is 7.42. The van der Waals surface area contributed by atoms with Gasteiger partial charge in [-0.25, -0.2) is 4.79 Å². The molecule has 8 heteroatoms. The van der Waals surface area contributed by atoms with Gasteiger partial charge in [-0.1, -0.05) is 44.2 Å². The number of esters is 1. The van der Waals surface area contributed by atoms with Gasteiger partial charge in [0.2, 0.25) is 5.91 Å². The Morgan fingerprint density at radius 3 is 2.43 bits per heavy atom. The van der Waals surface area contributed by atoms with Gasteiger partial charge in [-0.2, -0.15) is 0 Å². The molecule has 2 rings (SSSR count). The van der Waals surface area contributed by atoms with E-state index < -0.39 is 30.1 Å². The van der Waals surface area contributed by atoms with Crippen LogP contribution in [-0.2, 0) is 28.6 Å². The second kappa shape index (κ2) is 11.7. The highest BCUT2D eigenvalue weighted by Crippen LogP contribution is 2.24. The normalized spacial score (nSPS) is 19.6. The zero-order valence-corrected chi connectivity index (χ0v) is 18.1. The van der Waals surface area contributed by atoms with Crippen LogP contribution in [-0.4, -0.2) is 55.8 Å². The number of nitrogens with one attached hydrogen (secondary N) is 2. The van der Waals surface area contributed by atoms with Crippen LogP contribution in [0.1, 0.15) is 45.8 Å². The van der Waals surface area contributed by atoms with E-state index in [9.17, 15) is 14.4 Å². The molecule has 0 aliphatic carbocycles. The number of ether oxygens (including phenoxy) is 3. The lowest BCUT2D eigenvalue weighted by Gasteiger charge is -2.21. The van der Waals surface area contributed by atoms with Gasteiger partial charge in [0.1, 0.15) is 6.04 Å². The lowest BCUT2D eigenvalue weighted by Crippen LogP contribution is -2.51. The van der Waals surface area contributed by atoms with Crippen LogP contribution in [0.15, 0.2) is 30.3 Å². The summed E-state index contributed by atoms with van der Waals surface area (Å²) in [5, 5.41) is 5.47. The molecule has 2 N–H and O–H groups in total. The molecule has 8 nitrogen and oxygen atoms in total. The minimum Gasteiger partial charge on any atom is -0.464 e. The lowest BCUT2D eigenvalue weighted by molar-refractivity contribution is -0.144. The maximum atomic E-state index is 12.6. The Balaban J connectivity index is 1.94. The summed E-state index contributed by atoms with van der Waals surface area (Å²) in [5.41, 5.74) is 0.968. The monoisotopic (exact) mass is 420 g/mol. The molecule has 2 amide bonds. The van der Waals surface area contributed by atoms with Crippen LogP contribution in [0.3, 0.4) is 0 Å². The van der Waals surface area contributed by atoms with Crippen molar-refractivity contribution in [2.45, 2.75) is 58.5 Å². The van der Waals surface area contributed by atoms with Crippen LogP contribution in [0.25, 0.3) is 0 Å². The summed E-state index contributed by atoms with van der Waals surface area (Å²) in [5.74, 6) is -1.01. The van der Waals surface area contributed by atoms with Crippen LogP contribution in [0.5, 0.6) is 0 Å². The Bertz CT molecular complexity index is 709. The minimum absolute atomic E-state index is 0.00783. The van der Waals surface area contributed by atoms with E-state index in [1.54, 1.807) is 6.92 Å². The summed E-state index contributed by atoms with van der Waals surface area (Å²) in [6.45, 7) is 8.39. The SMILES string of the molecule is CCOC(=O)[C@@H]1O[C@H]1C(=O)N[C@H](COC(C)c1ccccc1)C(=O)NCCC(C)C. The summed E-state index contributed by atoms with van der Waals surface area (Å²) >= 11 is 0. The average Bonchev–Trinajstić information content (AvgIpc) is 3.52. The van der Waals surface area contributed by atoms with E-state index in [1.165, 1.54) is 0 Å². The van der Waals surface area contributed by atoms with Gasteiger partial charge in [-0.05, 0) is 31.7 Å². The van der Waals surface area contributed by atoms with Crippen LogP contribution in [0, 0.1) is 5.92 Å². The molecule has 1 aliphatic heterocycles. The number of hydrogen-bond acceptors (Lipinski definition) is 6. The van der Waals surface area contributed by atoms with Crippen molar-refractivity contribution in [3.05, 3.63) is 35.9 Å². The molecule has 0 spiro atoms. The molecule has 4 atom stereocenters. The van der Waals surface area contributed by atoms with Crippen molar-refractivity contribution in [3.63, 3.8) is 0 Å². The highest BCUT2D eigenvalue weighted by Gasteiger charge is 2.52. The summed E-state index contributed by atoms with van der Waals surface area (Å²) in [6.07, 6.45) is -1.29. The van der Waals surface area contributed by atoms with Gasteiger partial charge in [-0.15, -0.1) is 0 Å². The van der Waals surface area contributed by atoms with Crippen LogP contribution in [0.4, 0.5) is 0 Å². The first-order chi connectivity index (χ1) is 14.3. The fourth-order valence-corrected chi connectivity index (χ4v) is 2.82.